The van der Waals surface area contributed by atoms with Gasteiger partial charge in [-0.3, -0.25) is 14.2 Å². The van der Waals surface area contributed by atoms with Gasteiger partial charge in [-0.05, 0) is 26.0 Å². The molecule has 0 radical (unpaired) electrons. The van der Waals surface area contributed by atoms with Crippen molar-refractivity contribution in [2.75, 3.05) is 0 Å². The van der Waals surface area contributed by atoms with Crippen LogP contribution in [0.15, 0.2) is 27.8 Å². The van der Waals surface area contributed by atoms with Gasteiger partial charge in [0.25, 0.3) is 11.5 Å². The summed E-state index contributed by atoms with van der Waals surface area (Å²) in [4.78, 5) is 39.0. The molecule has 3 rings (SSSR count). The number of carbonyl (C=O) groups excluding carboxylic acids is 1. The lowest BCUT2D eigenvalue weighted by molar-refractivity contribution is -0.144. The molecule has 27 heavy (non-hydrogen) atoms. The van der Waals surface area contributed by atoms with Crippen molar-refractivity contribution >= 4 is 17.5 Å². The van der Waals surface area contributed by atoms with E-state index in [1.54, 1.807) is 13.8 Å². The predicted molar refractivity (Wildman–Crippen MR) is 92.3 cm³/mol. The first kappa shape index (κ1) is 19.2. The van der Waals surface area contributed by atoms with Crippen LogP contribution in [0.25, 0.3) is 5.69 Å². The summed E-state index contributed by atoms with van der Waals surface area (Å²) in [7, 11) is 0.933. The second kappa shape index (κ2) is 6.26. The summed E-state index contributed by atoms with van der Waals surface area (Å²) in [5, 5.41) is 0.152. The molecule has 6 nitrogen and oxygen atoms in total. The zero-order valence-corrected chi connectivity index (χ0v) is 15.4. The van der Waals surface area contributed by atoms with Gasteiger partial charge in [0.15, 0.2) is 0 Å². The van der Waals surface area contributed by atoms with Gasteiger partial charge < -0.3 is 4.90 Å². The highest BCUT2D eigenvalue weighted by Gasteiger charge is 2.37. The van der Waals surface area contributed by atoms with E-state index < -0.39 is 23.1 Å². The van der Waals surface area contributed by atoms with E-state index in [0.29, 0.717) is 20.8 Å². The van der Waals surface area contributed by atoms with E-state index in [9.17, 15) is 27.6 Å². The number of hydrogen-bond acceptors (Lipinski definition) is 3. The van der Waals surface area contributed by atoms with Gasteiger partial charge in [0.1, 0.15) is 5.69 Å². The number of alkyl halides is 3. The van der Waals surface area contributed by atoms with Crippen LogP contribution in [-0.2, 0) is 19.8 Å². The minimum atomic E-state index is -4.85. The normalized spacial score (nSPS) is 14.2. The first-order chi connectivity index (χ1) is 12.4. The zero-order valence-electron chi connectivity index (χ0n) is 14.6. The van der Waals surface area contributed by atoms with Crippen LogP contribution >= 0.6 is 11.6 Å². The summed E-state index contributed by atoms with van der Waals surface area (Å²) in [6.45, 7) is 3.68. The Labute approximate surface area is 156 Å². The van der Waals surface area contributed by atoms with Crippen LogP contribution in [0.3, 0.4) is 0 Å². The van der Waals surface area contributed by atoms with Crippen LogP contribution in [0.2, 0.25) is 5.02 Å². The van der Waals surface area contributed by atoms with Crippen LogP contribution < -0.4 is 11.2 Å². The Kier molecular flexibility index (Phi) is 4.46. The van der Waals surface area contributed by atoms with Gasteiger partial charge in [0, 0.05) is 31.3 Å². The van der Waals surface area contributed by atoms with Crippen molar-refractivity contribution < 1.29 is 18.0 Å². The Morgan fingerprint density at radius 2 is 1.78 bits per heavy atom. The topological polar surface area (TPSA) is 64.3 Å². The fourth-order valence-electron chi connectivity index (χ4n) is 3.13. The number of hydrogen-bond donors (Lipinski definition) is 0. The van der Waals surface area contributed by atoms with Gasteiger partial charge >= 0.3 is 11.9 Å². The fourth-order valence-corrected chi connectivity index (χ4v) is 3.39. The van der Waals surface area contributed by atoms with E-state index in [1.165, 1.54) is 17.0 Å². The minimum absolute atomic E-state index is 0.0465. The van der Waals surface area contributed by atoms with Gasteiger partial charge in [-0.15, -0.1) is 0 Å². The summed E-state index contributed by atoms with van der Waals surface area (Å²) >= 11 is 6.12. The molecule has 0 bridgehead atoms. The van der Waals surface area contributed by atoms with Crippen LogP contribution in [0.1, 0.15) is 35.5 Å². The Morgan fingerprint density at radius 3 is 2.33 bits per heavy atom. The van der Waals surface area contributed by atoms with Gasteiger partial charge in [-0.2, -0.15) is 13.2 Å². The molecule has 0 saturated carbocycles. The molecule has 0 unspecified atom stereocenters. The number of nitrogens with zero attached hydrogens (tertiary/aromatic N) is 3. The third kappa shape index (κ3) is 2.95. The lowest BCUT2D eigenvalue weighted by Crippen LogP contribution is -2.41. The lowest BCUT2D eigenvalue weighted by atomic mass is 10.1. The van der Waals surface area contributed by atoms with E-state index in [0.717, 1.165) is 7.05 Å². The molecule has 1 amide bonds. The first-order valence-electron chi connectivity index (χ1n) is 7.98. The van der Waals surface area contributed by atoms with Crippen LogP contribution in [0.5, 0.6) is 0 Å². The molecule has 144 valence electrons. The molecule has 0 atom stereocenters. The highest BCUT2D eigenvalue weighted by Crippen LogP contribution is 2.34. The SMILES string of the molecule is CC(C)N1Cc2c(-n3c(=O)cc(C(F)(F)F)n(C)c3=O)ccc(Cl)c2C1=O. The van der Waals surface area contributed by atoms with E-state index in [4.69, 9.17) is 11.6 Å². The second-order valence-electron chi connectivity index (χ2n) is 6.49. The largest absolute Gasteiger partial charge is 0.431 e. The minimum Gasteiger partial charge on any atom is -0.332 e. The first-order valence-corrected chi connectivity index (χ1v) is 8.36. The number of rotatable bonds is 2. The highest BCUT2D eigenvalue weighted by molar-refractivity contribution is 6.34. The standard InChI is InChI=1S/C17H15ClF3N3O3/c1-8(2)23-7-9-11(5-4-10(18)14(9)15(23)26)24-13(25)6-12(17(19,20)21)22(3)16(24)27/h4-6,8H,7H2,1-3H3. The molecule has 1 aromatic carbocycles. The molecule has 0 saturated heterocycles. The van der Waals surface area contributed by atoms with Crippen LogP contribution in [-0.4, -0.2) is 26.0 Å². The summed E-state index contributed by atoms with van der Waals surface area (Å²) in [6.07, 6.45) is -4.85. The van der Waals surface area contributed by atoms with E-state index in [1.807, 2.05) is 0 Å². The zero-order chi connectivity index (χ0) is 20.3. The monoisotopic (exact) mass is 401 g/mol. The quantitative estimate of drug-likeness (QED) is 0.777. The van der Waals surface area contributed by atoms with Gasteiger partial charge in [0.2, 0.25) is 0 Å². The lowest BCUT2D eigenvalue weighted by Gasteiger charge is -2.20. The van der Waals surface area contributed by atoms with Crippen molar-refractivity contribution in [1.29, 1.82) is 0 Å². The Bertz CT molecular complexity index is 1070. The summed E-state index contributed by atoms with van der Waals surface area (Å²) in [6, 6.07) is 2.90. The Hall–Kier alpha value is -2.55. The average Bonchev–Trinajstić information content (AvgIpc) is 2.91. The van der Waals surface area contributed by atoms with Crippen molar-refractivity contribution in [2.24, 2.45) is 7.05 Å². The Morgan fingerprint density at radius 1 is 1.15 bits per heavy atom. The maximum atomic E-state index is 13.0. The summed E-state index contributed by atoms with van der Waals surface area (Å²) < 4.78 is 40.1. The van der Waals surface area contributed by atoms with E-state index >= 15 is 0 Å². The molecule has 1 aromatic heterocycles. The van der Waals surface area contributed by atoms with E-state index in [-0.39, 0.29) is 34.8 Å². The number of fused-ring (bicyclic) bond motifs is 1. The number of benzene rings is 1. The van der Waals surface area contributed by atoms with Crippen LogP contribution in [0, 0.1) is 0 Å². The van der Waals surface area contributed by atoms with Crippen LogP contribution in [0.4, 0.5) is 13.2 Å². The summed E-state index contributed by atoms with van der Waals surface area (Å²) in [5.74, 6) is -0.358. The molecule has 0 fully saturated rings. The number of amides is 1. The van der Waals surface area contributed by atoms with Crippen molar-refractivity contribution in [1.82, 2.24) is 14.0 Å². The van der Waals surface area contributed by atoms with Gasteiger partial charge in [-0.1, -0.05) is 11.6 Å². The third-order valence-electron chi connectivity index (χ3n) is 4.52. The number of aromatic nitrogens is 2. The molecular weight excluding hydrogens is 387 g/mol. The fraction of sp³-hybridized carbons (Fsp3) is 0.353. The predicted octanol–water partition coefficient (Wildman–Crippen LogP) is 2.57. The maximum Gasteiger partial charge on any atom is 0.431 e. The number of halogens is 4. The van der Waals surface area contributed by atoms with Gasteiger partial charge in [-0.25, -0.2) is 9.36 Å². The van der Waals surface area contributed by atoms with Crippen molar-refractivity contribution in [2.45, 2.75) is 32.6 Å². The highest BCUT2D eigenvalue weighted by atomic mass is 35.5. The second-order valence-corrected chi connectivity index (χ2v) is 6.90. The average molecular weight is 402 g/mol. The molecule has 0 N–H and O–H groups in total. The molecule has 2 aromatic rings. The number of carbonyl (C=O) groups is 1. The molecule has 1 aliphatic rings. The molecule has 2 heterocycles. The van der Waals surface area contributed by atoms with Crippen molar-refractivity contribution in [3.8, 4) is 5.69 Å². The molecule has 1 aliphatic heterocycles. The smallest absolute Gasteiger partial charge is 0.332 e. The molecular formula is C17H15ClF3N3O3. The maximum absolute atomic E-state index is 13.0. The summed E-state index contributed by atoms with van der Waals surface area (Å²) in [5.41, 5.74) is -3.11. The molecule has 0 aliphatic carbocycles. The van der Waals surface area contributed by atoms with E-state index in [2.05, 4.69) is 0 Å². The van der Waals surface area contributed by atoms with Gasteiger partial charge in [0.05, 0.1) is 16.3 Å². The van der Waals surface area contributed by atoms with Crippen molar-refractivity contribution in [3.63, 3.8) is 0 Å². The molecule has 0 spiro atoms. The Balaban J connectivity index is 2.31. The third-order valence-corrected chi connectivity index (χ3v) is 4.83. The van der Waals surface area contributed by atoms with Crippen molar-refractivity contribution in [3.05, 3.63) is 60.9 Å². The molecule has 10 heteroatoms.